The lowest BCUT2D eigenvalue weighted by Gasteiger charge is -2.32. The van der Waals surface area contributed by atoms with E-state index in [0.717, 1.165) is 37.3 Å². The number of piperidine rings is 1. The molecule has 118 valence electrons. The highest BCUT2D eigenvalue weighted by atomic mass is 32.2. The molecule has 0 atom stereocenters. The summed E-state index contributed by atoms with van der Waals surface area (Å²) in [7, 11) is -2.43. The zero-order valence-corrected chi connectivity index (χ0v) is 13.8. The summed E-state index contributed by atoms with van der Waals surface area (Å²) >= 11 is 1.09. The first-order valence-corrected chi connectivity index (χ1v) is 9.22. The highest BCUT2D eigenvalue weighted by Gasteiger charge is 2.34. The van der Waals surface area contributed by atoms with Crippen LogP contribution in [0.1, 0.15) is 29.4 Å². The number of rotatable bonds is 5. The average molecular weight is 332 g/mol. The molecule has 0 amide bonds. The van der Waals surface area contributed by atoms with Gasteiger partial charge in [-0.3, -0.25) is 0 Å². The van der Waals surface area contributed by atoms with E-state index in [2.05, 4.69) is 10.1 Å². The fraction of sp³-hybridized carbons (Fsp3) is 0.615. The summed E-state index contributed by atoms with van der Waals surface area (Å²) in [6.45, 7) is 3.83. The Kier molecular flexibility index (Phi) is 5.37. The van der Waals surface area contributed by atoms with E-state index in [-0.39, 0.29) is 15.8 Å². The molecule has 1 aliphatic heterocycles. The van der Waals surface area contributed by atoms with Gasteiger partial charge in [-0.2, -0.15) is 4.31 Å². The summed E-state index contributed by atoms with van der Waals surface area (Å²) in [5.74, 6) is -0.607. The van der Waals surface area contributed by atoms with Crippen molar-refractivity contribution in [3.05, 3.63) is 16.3 Å². The van der Waals surface area contributed by atoms with E-state index in [9.17, 15) is 13.2 Å². The fourth-order valence-corrected chi connectivity index (χ4v) is 5.59. The Bertz CT molecular complexity index is 591. The highest BCUT2D eigenvalue weighted by Crippen LogP contribution is 2.28. The van der Waals surface area contributed by atoms with Crippen LogP contribution >= 0.6 is 11.3 Å². The molecule has 1 saturated heterocycles. The van der Waals surface area contributed by atoms with Crippen LogP contribution in [0.3, 0.4) is 0 Å². The third kappa shape index (κ3) is 3.28. The SMILES string of the molecule is CCN(C1CCNCC1)S(=O)(=O)c1ccsc1C(=O)OC. The summed E-state index contributed by atoms with van der Waals surface area (Å²) in [4.78, 5) is 11.9. The number of nitrogens with zero attached hydrogens (tertiary/aromatic N) is 1. The molecule has 2 rings (SSSR count). The normalized spacial score (nSPS) is 17.1. The molecule has 8 heteroatoms. The van der Waals surface area contributed by atoms with Crippen LogP contribution in [-0.4, -0.2) is 51.5 Å². The van der Waals surface area contributed by atoms with Gasteiger partial charge in [0.05, 0.1) is 7.11 Å². The molecule has 6 nitrogen and oxygen atoms in total. The molecule has 21 heavy (non-hydrogen) atoms. The summed E-state index contributed by atoms with van der Waals surface area (Å²) in [5, 5.41) is 4.83. The summed E-state index contributed by atoms with van der Waals surface area (Å²) in [6.07, 6.45) is 1.57. The lowest BCUT2D eigenvalue weighted by molar-refractivity contribution is 0.0602. The van der Waals surface area contributed by atoms with Crippen LogP contribution in [-0.2, 0) is 14.8 Å². The third-order valence-corrected chi connectivity index (χ3v) is 6.71. The summed E-state index contributed by atoms with van der Waals surface area (Å²) in [6, 6.07) is 1.46. The molecule has 2 heterocycles. The first-order chi connectivity index (χ1) is 10.0. The monoisotopic (exact) mass is 332 g/mol. The molecule has 1 N–H and O–H groups in total. The number of hydrogen-bond acceptors (Lipinski definition) is 6. The molecule has 1 aromatic rings. The lowest BCUT2D eigenvalue weighted by atomic mass is 10.1. The molecule has 1 aliphatic rings. The standard InChI is InChI=1S/C13H20N2O4S2/c1-3-15(10-4-7-14-8-5-10)21(17,18)11-6-9-20-12(11)13(16)19-2/h6,9-10,14H,3-5,7-8H2,1-2H3. The van der Waals surface area contributed by atoms with Gasteiger partial charge in [0, 0.05) is 12.6 Å². The Morgan fingerprint density at radius 1 is 1.48 bits per heavy atom. The van der Waals surface area contributed by atoms with Crippen LogP contribution in [0.25, 0.3) is 0 Å². The zero-order chi connectivity index (χ0) is 15.5. The van der Waals surface area contributed by atoms with Crippen LogP contribution in [0.15, 0.2) is 16.3 Å². The number of nitrogens with one attached hydrogen (secondary N) is 1. The van der Waals surface area contributed by atoms with Crippen LogP contribution in [0, 0.1) is 0 Å². The van der Waals surface area contributed by atoms with Crippen molar-refractivity contribution >= 4 is 27.3 Å². The van der Waals surface area contributed by atoms with Gasteiger partial charge in [-0.15, -0.1) is 11.3 Å². The molecule has 0 saturated carbocycles. The predicted octanol–water partition coefficient (Wildman–Crippen LogP) is 1.30. The second-order valence-corrected chi connectivity index (χ2v) is 7.57. The Hall–Kier alpha value is -0.960. The van der Waals surface area contributed by atoms with Gasteiger partial charge in [0.2, 0.25) is 10.0 Å². The van der Waals surface area contributed by atoms with Gasteiger partial charge in [0.1, 0.15) is 9.77 Å². The predicted molar refractivity (Wildman–Crippen MR) is 81.1 cm³/mol. The van der Waals surface area contributed by atoms with Crippen molar-refractivity contribution in [3.63, 3.8) is 0 Å². The van der Waals surface area contributed by atoms with Crippen LogP contribution in [0.2, 0.25) is 0 Å². The van der Waals surface area contributed by atoms with Crippen LogP contribution in [0.4, 0.5) is 0 Å². The number of hydrogen-bond donors (Lipinski definition) is 1. The minimum absolute atomic E-state index is 0.0216. The highest BCUT2D eigenvalue weighted by molar-refractivity contribution is 7.89. The van der Waals surface area contributed by atoms with E-state index in [0.29, 0.717) is 6.54 Å². The van der Waals surface area contributed by atoms with Crippen LogP contribution < -0.4 is 5.32 Å². The van der Waals surface area contributed by atoms with Crippen molar-refractivity contribution in [2.24, 2.45) is 0 Å². The Labute approximate surface area is 129 Å². The number of methoxy groups -OCH3 is 1. The average Bonchev–Trinajstić information content (AvgIpc) is 2.98. The van der Waals surface area contributed by atoms with E-state index in [1.807, 2.05) is 6.92 Å². The maximum atomic E-state index is 12.9. The summed E-state index contributed by atoms with van der Waals surface area (Å²) < 4.78 is 31.9. The molecular formula is C13H20N2O4S2. The lowest BCUT2D eigenvalue weighted by Crippen LogP contribution is -2.46. The van der Waals surface area contributed by atoms with E-state index in [1.165, 1.54) is 17.5 Å². The smallest absolute Gasteiger partial charge is 0.349 e. The van der Waals surface area contributed by atoms with E-state index >= 15 is 0 Å². The molecule has 0 bridgehead atoms. The molecule has 1 fully saturated rings. The first kappa shape index (κ1) is 16.4. The molecule has 0 unspecified atom stereocenters. The second kappa shape index (κ2) is 6.87. The number of sulfonamides is 1. The van der Waals surface area contributed by atoms with E-state index in [1.54, 1.807) is 5.38 Å². The van der Waals surface area contributed by atoms with E-state index < -0.39 is 16.0 Å². The minimum Gasteiger partial charge on any atom is -0.465 e. The van der Waals surface area contributed by atoms with Gasteiger partial charge in [0.15, 0.2) is 0 Å². The number of carbonyl (C=O) groups is 1. The summed E-state index contributed by atoms with van der Waals surface area (Å²) in [5.41, 5.74) is 0. The van der Waals surface area contributed by atoms with Crippen molar-refractivity contribution in [1.82, 2.24) is 9.62 Å². The van der Waals surface area contributed by atoms with Crippen molar-refractivity contribution in [2.45, 2.75) is 30.7 Å². The zero-order valence-electron chi connectivity index (χ0n) is 12.2. The van der Waals surface area contributed by atoms with Crippen molar-refractivity contribution < 1.29 is 17.9 Å². The topological polar surface area (TPSA) is 75.7 Å². The number of carbonyl (C=O) groups excluding carboxylic acids is 1. The number of esters is 1. The fourth-order valence-electron chi connectivity index (χ4n) is 2.59. The second-order valence-electron chi connectivity index (χ2n) is 4.80. The van der Waals surface area contributed by atoms with Gasteiger partial charge in [0.25, 0.3) is 0 Å². The Morgan fingerprint density at radius 2 is 2.14 bits per heavy atom. The molecule has 0 aliphatic carbocycles. The van der Waals surface area contributed by atoms with Gasteiger partial charge >= 0.3 is 5.97 Å². The number of ether oxygens (including phenoxy) is 1. The van der Waals surface area contributed by atoms with Crippen molar-refractivity contribution in [1.29, 1.82) is 0 Å². The molecule has 1 aromatic heterocycles. The van der Waals surface area contributed by atoms with Crippen molar-refractivity contribution in [3.8, 4) is 0 Å². The van der Waals surface area contributed by atoms with E-state index in [4.69, 9.17) is 0 Å². The van der Waals surface area contributed by atoms with Gasteiger partial charge < -0.3 is 10.1 Å². The first-order valence-electron chi connectivity index (χ1n) is 6.90. The van der Waals surface area contributed by atoms with Crippen LogP contribution in [0.5, 0.6) is 0 Å². The van der Waals surface area contributed by atoms with Gasteiger partial charge in [-0.1, -0.05) is 6.92 Å². The molecule has 0 aromatic carbocycles. The third-order valence-electron chi connectivity index (χ3n) is 3.61. The van der Waals surface area contributed by atoms with Crippen molar-refractivity contribution in [2.75, 3.05) is 26.7 Å². The quantitative estimate of drug-likeness (QED) is 0.823. The Balaban J connectivity index is 2.35. The molecule has 0 radical (unpaired) electrons. The Morgan fingerprint density at radius 3 is 2.71 bits per heavy atom. The van der Waals surface area contributed by atoms with Gasteiger partial charge in [-0.25, -0.2) is 13.2 Å². The maximum Gasteiger partial charge on any atom is 0.349 e. The molecular weight excluding hydrogens is 312 g/mol. The number of thiophene rings is 1. The molecule has 0 spiro atoms. The largest absolute Gasteiger partial charge is 0.465 e. The maximum absolute atomic E-state index is 12.9. The van der Waals surface area contributed by atoms with Gasteiger partial charge in [-0.05, 0) is 37.4 Å². The minimum atomic E-state index is -3.68.